The van der Waals surface area contributed by atoms with Crippen molar-refractivity contribution in [2.45, 2.75) is 0 Å². The van der Waals surface area contributed by atoms with E-state index in [2.05, 4.69) is 10.3 Å². The summed E-state index contributed by atoms with van der Waals surface area (Å²) in [5, 5.41) is 0. The van der Waals surface area contributed by atoms with Crippen LogP contribution in [-0.4, -0.2) is 27.1 Å². The minimum atomic E-state index is -3.12. The van der Waals surface area contributed by atoms with Crippen molar-refractivity contribution in [3.8, 4) is 0 Å². The van der Waals surface area contributed by atoms with Gasteiger partial charge in [-0.1, -0.05) is 0 Å². The van der Waals surface area contributed by atoms with Crippen molar-refractivity contribution in [1.82, 2.24) is 10.3 Å². The Bertz CT molecular complexity index is 155. The summed E-state index contributed by atoms with van der Waals surface area (Å²) in [4.78, 5) is 2.06. The highest BCUT2D eigenvalue weighted by atomic mass is 35.5. The summed E-state index contributed by atoms with van der Waals surface area (Å²) in [6, 6.07) is 0. The van der Waals surface area contributed by atoms with Gasteiger partial charge in [-0.05, 0) is 0 Å². The van der Waals surface area contributed by atoms with Crippen molar-refractivity contribution < 1.29 is 8.42 Å². The minimum absolute atomic E-state index is 0.378. The lowest BCUT2D eigenvalue weighted by molar-refractivity contribution is 0.567. The molecule has 0 heterocycles. The van der Waals surface area contributed by atoms with E-state index in [0.717, 1.165) is 6.26 Å². The molecule has 0 radical (unpaired) electrons. The summed E-state index contributed by atoms with van der Waals surface area (Å²) >= 11 is 5.23. The molecule has 0 amide bonds. The Morgan fingerprint density at radius 1 is 1.56 bits per heavy atom. The number of nitrogens with one attached hydrogen (secondary N) is 2. The molecule has 4 nitrogen and oxygen atoms in total. The second-order valence-electron chi connectivity index (χ2n) is 1.49. The Labute approximate surface area is 59.6 Å². The van der Waals surface area contributed by atoms with Gasteiger partial charge in [0.1, 0.15) is 0 Å². The lowest BCUT2D eigenvalue weighted by Gasteiger charge is -1.99. The quantitative estimate of drug-likeness (QED) is 0.334. The van der Waals surface area contributed by atoms with Crippen molar-refractivity contribution in [2.24, 2.45) is 0 Å². The van der Waals surface area contributed by atoms with E-state index in [1.807, 2.05) is 0 Å². The van der Waals surface area contributed by atoms with Crippen LogP contribution < -0.4 is 10.3 Å². The molecule has 0 unspecified atom stereocenters. The van der Waals surface area contributed by atoms with Crippen molar-refractivity contribution in [1.29, 1.82) is 0 Å². The number of rotatable bonds is 4. The van der Waals surface area contributed by atoms with Gasteiger partial charge in [0.2, 0.25) is 10.0 Å². The Morgan fingerprint density at radius 2 is 2.11 bits per heavy atom. The molecule has 0 aromatic heterocycles. The molecule has 2 N–H and O–H groups in total. The molecule has 0 fully saturated rings. The predicted molar refractivity (Wildman–Crippen MR) is 36.7 cm³/mol. The third-order valence-corrected chi connectivity index (χ3v) is 1.18. The molecule has 56 valence electrons. The van der Waals surface area contributed by atoms with Crippen LogP contribution in [0.2, 0.25) is 0 Å². The normalized spacial score (nSPS) is 11.8. The first-order valence-corrected chi connectivity index (χ1v) is 4.74. The molecule has 9 heavy (non-hydrogen) atoms. The molecular weight excluding hydrogens is 164 g/mol. The number of hydrazine groups is 1. The van der Waals surface area contributed by atoms with Gasteiger partial charge in [0.25, 0.3) is 0 Å². The van der Waals surface area contributed by atoms with Crippen molar-refractivity contribution in [3.05, 3.63) is 0 Å². The van der Waals surface area contributed by atoms with Gasteiger partial charge in [-0.25, -0.2) is 13.8 Å². The van der Waals surface area contributed by atoms with E-state index < -0.39 is 10.0 Å². The lowest BCUT2D eigenvalue weighted by atomic mass is 10.8. The lowest BCUT2D eigenvalue weighted by Crippen LogP contribution is -2.37. The highest BCUT2D eigenvalue weighted by Crippen LogP contribution is 1.69. The van der Waals surface area contributed by atoms with Gasteiger partial charge in [0.15, 0.2) is 0 Å². The van der Waals surface area contributed by atoms with Crippen LogP contribution in [0.25, 0.3) is 0 Å². The summed E-state index contributed by atoms with van der Waals surface area (Å²) < 4.78 is 20.6. The second-order valence-corrected chi connectivity index (χ2v) is 3.62. The molecule has 0 aliphatic heterocycles. The maximum absolute atomic E-state index is 10.3. The maximum Gasteiger partial charge on any atom is 0.221 e. The van der Waals surface area contributed by atoms with Crippen molar-refractivity contribution in [3.63, 3.8) is 0 Å². The standard InChI is InChI=1S/C3H9ClN2O2S/c1-9(7,8)6-5-3-2-4/h5-6H,2-3H2,1H3. The summed E-state index contributed by atoms with van der Waals surface area (Å²) in [6.45, 7) is 0.425. The first kappa shape index (κ1) is 9.16. The molecule has 0 saturated heterocycles. The molecule has 0 saturated carbocycles. The first-order chi connectivity index (χ1) is 4.06. The Hall–Kier alpha value is 0.160. The zero-order valence-electron chi connectivity index (χ0n) is 5.02. The summed E-state index contributed by atoms with van der Waals surface area (Å²) in [5.74, 6) is 0.378. The number of halogens is 1. The van der Waals surface area contributed by atoms with Gasteiger partial charge < -0.3 is 0 Å². The zero-order valence-corrected chi connectivity index (χ0v) is 6.59. The molecule has 0 aliphatic rings. The summed E-state index contributed by atoms with van der Waals surface area (Å²) in [7, 11) is -3.12. The molecule has 0 aliphatic carbocycles. The SMILES string of the molecule is CS(=O)(=O)NNCCCl. The topological polar surface area (TPSA) is 58.2 Å². The number of hydrogen-bond donors (Lipinski definition) is 2. The fraction of sp³-hybridized carbons (Fsp3) is 1.00. The molecular formula is C3H9ClN2O2S. The van der Waals surface area contributed by atoms with E-state index >= 15 is 0 Å². The highest BCUT2D eigenvalue weighted by molar-refractivity contribution is 7.88. The van der Waals surface area contributed by atoms with Crippen LogP contribution in [0.15, 0.2) is 0 Å². The van der Waals surface area contributed by atoms with Gasteiger partial charge in [-0.2, -0.15) is 4.83 Å². The molecule has 0 aromatic carbocycles. The Morgan fingerprint density at radius 3 is 2.44 bits per heavy atom. The fourth-order valence-electron chi connectivity index (χ4n) is 0.229. The van der Waals surface area contributed by atoms with Crippen LogP contribution in [0.5, 0.6) is 0 Å². The number of sulfonamides is 1. The summed E-state index contributed by atoms with van der Waals surface area (Å²) in [6.07, 6.45) is 1.06. The zero-order chi connectivity index (χ0) is 7.33. The van der Waals surface area contributed by atoms with Gasteiger partial charge in [0, 0.05) is 12.4 Å². The highest BCUT2D eigenvalue weighted by Gasteiger charge is 1.95. The molecule has 0 atom stereocenters. The van der Waals surface area contributed by atoms with Crippen molar-refractivity contribution in [2.75, 3.05) is 18.7 Å². The van der Waals surface area contributed by atoms with Crippen LogP contribution in [0, 0.1) is 0 Å². The van der Waals surface area contributed by atoms with E-state index in [9.17, 15) is 8.42 Å². The maximum atomic E-state index is 10.3. The van der Waals surface area contributed by atoms with E-state index in [-0.39, 0.29) is 0 Å². The van der Waals surface area contributed by atoms with E-state index in [4.69, 9.17) is 11.6 Å². The third-order valence-electron chi connectivity index (χ3n) is 0.477. The Balaban J connectivity index is 3.30. The third kappa shape index (κ3) is 8.16. The molecule has 6 heteroatoms. The van der Waals surface area contributed by atoms with Gasteiger partial charge in [-0.15, -0.1) is 11.6 Å². The van der Waals surface area contributed by atoms with Crippen LogP contribution in [0.3, 0.4) is 0 Å². The minimum Gasteiger partial charge on any atom is -0.243 e. The largest absolute Gasteiger partial charge is 0.243 e. The molecule has 0 aromatic rings. The molecule has 0 spiro atoms. The van der Waals surface area contributed by atoms with Gasteiger partial charge >= 0.3 is 0 Å². The molecule has 0 bridgehead atoms. The van der Waals surface area contributed by atoms with Crippen LogP contribution in [0.1, 0.15) is 0 Å². The first-order valence-electron chi connectivity index (χ1n) is 2.32. The van der Waals surface area contributed by atoms with Crippen LogP contribution in [-0.2, 0) is 10.0 Å². The van der Waals surface area contributed by atoms with Gasteiger partial charge in [0.05, 0.1) is 6.26 Å². The predicted octanol–water partition coefficient (Wildman–Crippen LogP) is -0.721. The Kier molecular flexibility index (Phi) is 4.12. The second kappa shape index (κ2) is 4.05. The van der Waals surface area contributed by atoms with Crippen LogP contribution >= 0.6 is 11.6 Å². The molecule has 0 rings (SSSR count). The average molecular weight is 173 g/mol. The average Bonchev–Trinajstić information content (AvgIpc) is 1.63. The fourth-order valence-corrected chi connectivity index (χ4v) is 0.688. The smallest absolute Gasteiger partial charge is 0.221 e. The van der Waals surface area contributed by atoms with Crippen LogP contribution in [0.4, 0.5) is 0 Å². The van der Waals surface area contributed by atoms with E-state index in [1.165, 1.54) is 0 Å². The summed E-state index contributed by atoms with van der Waals surface area (Å²) in [5.41, 5.74) is 2.41. The van der Waals surface area contributed by atoms with Gasteiger partial charge in [-0.3, -0.25) is 0 Å². The van der Waals surface area contributed by atoms with Crippen molar-refractivity contribution >= 4 is 21.6 Å². The van der Waals surface area contributed by atoms with E-state index in [0.29, 0.717) is 12.4 Å². The number of hydrogen-bond acceptors (Lipinski definition) is 3. The van der Waals surface area contributed by atoms with E-state index in [1.54, 1.807) is 0 Å². The monoisotopic (exact) mass is 172 g/mol. The number of alkyl halides is 1.